The van der Waals surface area contributed by atoms with Crippen molar-refractivity contribution in [2.24, 2.45) is 0 Å². The molecule has 0 spiro atoms. The molecule has 0 saturated carbocycles. The van der Waals surface area contributed by atoms with E-state index in [2.05, 4.69) is 12.1 Å². The average Bonchev–Trinajstić information content (AvgIpc) is 2.04. The molecule has 0 saturated heterocycles. The Morgan fingerprint density at radius 2 is 2.27 bits per heavy atom. The Bertz CT molecular complexity index is 429. The molecule has 0 fully saturated rings. The molecule has 2 aromatic rings. The second kappa shape index (κ2) is 2.23. The topological polar surface area (TPSA) is 30.2 Å². The van der Waals surface area contributed by atoms with Crippen molar-refractivity contribution in [2.75, 3.05) is 0 Å². The van der Waals surface area contributed by atoms with Crippen LogP contribution in [0.15, 0.2) is 33.5 Å². The first-order chi connectivity index (χ1) is 5.36. The van der Waals surface area contributed by atoms with Crippen molar-refractivity contribution >= 4 is 11.0 Å². The zero-order valence-corrected chi connectivity index (χ0v) is 5.63. The minimum absolute atomic E-state index is 0.441. The van der Waals surface area contributed by atoms with Crippen molar-refractivity contribution in [3.05, 3.63) is 46.8 Å². The zero-order valence-electron chi connectivity index (χ0n) is 5.63. The van der Waals surface area contributed by atoms with Crippen molar-refractivity contribution < 1.29 is 4.42 Å². The Labute approximate surface area is 63.1 Å². The quantitative estimate of drug-likeness (QED) is 0.523. The van der Waals surface area contributed by atoms with Crippen molar-refractivity contribution in [1.29, 1.82) is 0 Å². The van der Waals surface area contributed by atoms with Gasteiger partial charge in [-0.1, -0.05) is 6.07 Å². The fourth-order valence-electron chi connectivity index (χ4n) is 0.901. The molecular weight excluding hydrogens is 140 g/mol. The highest BCUT2D eigenvalue weighted by atomic mass is 16.4. The van der Waals surface area contributed by atoms with E-state index in [0.717, 1.165) is 5.39 Å². The summed E-state index contributed by atoms with van der Waals surface area (Å²) in [6.45, 7) is 0. The molecule has 52 valence electrons. The molecule has 0 amide bonds. The van der Waals surface area contributed by atoms with Crippen LogP contribution in [0.1, 0.15) is 0 Å². The minimum atomic E-state index is -0.441. The van der Waals surface area contributed by atoms with Gasteiger partial charge in [-0.2, -0.15) is 0 Å². The average molecular weight is 144 g/mol. The van der Waals surface area contributed by atoms with Gasteiger partial charge in [0.25, 0.3) is 0 Å². The summed E-state index contributed by atoms with van der Waals surface area (Å²) in [4.78, 5) is 10.7. The van der Waals surface area contributed by atoms with E-state index < -0.39 is 5.63 Å². The van der Waals surface area contributed by atoms with Gasteiger partial charge < -0.3 is 4.42 Å². The van der Waals surface area contributed by atoms with E-state index in [1.807, 2.05) is 0 Å². The molecule has 1 aromatic carbocycles. The molecule has 0 bridgehead atoms. The molecule has 2 rings (SSSR count). The van der Waals surface area contributed by atoms with Crippen LogP contribution in [0.5, 0.6) is 0 Å². The Kier molecular flexibility index (Phi) is 1.25. The van der Waals surface area contributed by atoms with Crippen LogP contribution in [-0.2, 0) is 0 Å². The third-order valence-electron chi connectivity index (χ3n) is 1.40. The van der Waals surface area contributed by atoms with E-state index in [1.165, 1.54) is 0 Å². The van der Waals surface area contributed by atoms with E-state index in [9.17, 15) is 4.79 Å². The second-order valence-electron chi connectivity index (χ2n) is 2.14. The van der Waals surface area contributed by atoms with Gasteiger partial charge in [0.15, 0.2) is 0 Å². The predicted molar refractivity (Wildman–Crippen MR) is 40.2 cm³/mol. The highest BCUT2D eigenvalue weighted by molar-refractivity contribution is 5.75. The number of hydrogen-bond acceptors (Lipinski definition) is 2. The van der Waals surface area contributed by atoms with Crippen LogP contribution in [0.25, 0.3) is 11.0 Å². The van der Waals surface area contributed by atoms with E-state index in [4.69, 9.17) is 4.42 Å². The van der Waals surface area contributed by atoms with Crippen LogP contribution in [-0.4, -0.2) is 0 Å². The van der Waals surface area contributed by atoms with Crippen LogP contribution in [0.2, 0.25) is 0 Å². The Balaban J connectivity index is 2.94. The number of hydrogen-bond donors (Lipinski definition) is 0. The predicted octanol–water partition coefficient (Wildman–Crippen LogP) is 1.39. The summed E-state index contributed by atoms with van der Waals surface area (Å²) in [5, 5.41) is 0.840. The first-order valence-corrected chi connectivity index (χ1v) is 3.18. The maximum atomic E-state index is 10.7. The van der Waals surface area contributed by atoms with Gasteiger partial charge in [-0.15, -0.1) is 0 Å². The van der Waals surface area contributed by atoms with Crippen LogP contribution < -0.4 is 5.63 Å². The largest absolute Gasteiger partial charge is 0.422 e. The molecular formula is C9H4O2. The normalized spacial score (nSPS) is 10.2. The van der Waals surface area contributed by atoms with Crippen molar-refractivity contribution in [3.63, 3.8) is 0 Å². The molecule has 0 unspecified atom stereocenters. The minimum Gasteiger partial charge on any atom is -0.422 e. The van der Waals surface area contributed by atoms with E-state index in [1.54, 1.807) is 24.3 Å². The van der Waals surface area contributed by atoms with Gasteiger partial charge in [-0.25, -0.2) is 4.79 Å². The lowest BCUT2D eigenvalue weighted by Crippen LogP contribution is -1.94. The summed E-state index contributed by atoms with van der Waals surface area (Å²) >= 11 is 0. The number of benzene rings is 1. The molecule has 0 aliphatic heterocycles. The summed E-state index contributed by atoms with van der Waals surface area (Å²) in [6, 6.07) is 12.0. The summed E-state index contributed by atoms with van der Waals surface area (Å²) in [5.74, 6) is 0. The van der Waals surface area contributed by atoms with Gasteiger partial charge in [0.2, 0.25) is 0 Å². The van der Waals surface area contributed by atoms with Gasteiger partial charge >= 0.3 is 5.63 Å². The third kappa shape index (κ3) is 1.03. The molecule has 2 nitrogen and oxygen atoms in total. The fourth-order valence-corrected chi connectivity index (χ4v) is 0.901. The molecule has 1 heterocycles. The molecule has 1 aromatic heterocycles. The monoisotopic (exact) mass is 144 g/mol. The second-order valence-corrected chi connectivity index (χ2v) is 2.14. The van der Waals surface area contributed by atoms with Crippen LogP contribution in [0, 0.1) is 12.1 Å². The standard InChI is InChI=1S/C9H4O2/c10-9-6-5-7-3-1-2-4-8(7)11-9/h2-5H. The summed E-state index contributed by atoms with van der Waals surface area (Å²) in [7, 11) is 0. The lowest BCUT2D eigenvalue weighted by molar-refractivity contribution is 0.559. The van der Waals surface area contributed by atoms with E-state index >= 15 is 0 Å². The Morgan fingerprint density at radius 3 is 3.18 bits per heavy atom. The van der Waals surface area contributed by atoms with Gasteiger partial charge in [0, 0.05) is 5.39 Å². The third-order valence-corrected chi connectivity index (χ3v) is 1.40. The smallest absolute Gasteiger partial charge is 0.344 e. The van der Waals surface area contributed by atoms with Crippen LogP contribution >= 0.6 is 0 Å². The van der Waals surface area contributed by atoms with Crippen LogP contribution in [0.4, 0.5) is 0 Å². The lowest BCUT2D eigenvalue weighted by Gasteiger charge is -1.90. The van der Waals surface area contributed by atoms with E-state index in [0.29, 0.717) is 5.58 Å². The maximum absolute atomic E-state index is 10.7. The first kappa shape index (κ1) is 6.16. The molecule has 2 radical (unpaired) electrons. The van der Waals surface area contributed by atoms with Gasteiger partial charge in [0.05, 0.1) is 6.07 Å². The van der Waals surface area contributed by atoms with Crippen molar-refractivity contribution in [2.45, 2.75) is 0 Å². The van der Waals surface area contributed by atoms with E-state index in [-0.39, 0.29) is 0 Å². The number of rotatable bonds is 0. The summed E-state index contributed by atoms with van der Waals surface area (Å²) in [6.07, 6.45) is 0. The van der Waals surface area contributed by atoms with Gasteiger partial charge in [0.1, 0.15) is 5.58 Å². The summed E-state index contributed by atoms with van der Waals surface area (Å²) < 4.78 is 4.83. The zero-order chi connectivity index (χ0) is 7.68. The first-order valence-electron chi connectivity index (χ1n) is 3.18. The van der Waals surface area contributed by atoms with Crippen molar-refractivity contribution in [1.82, 2.24) is 0 Å². The maximum Gasteiger partial charge on any atom is 0.344 e. The summed E-state index contributed by atoms with van der Waals surface area (Å²) in [5.41, 5.74) is 0.135. The van der Waals surface area contributed by atoms with Gasteiger partial charge in [-0.05, 0) is 24.3 Å². The SMILES string of the molecule is O=c1[c]cc2c[c]ccc2o1. The molecule has 0 aliphatic carbocycles. The highest BCUT2D eigenvalue weighted by Gasteiger charge is 1.92. The molecule has 0 N–H and O–H groups in total. The Hall–Kier alpha value is -1.57. The fraction of sp³-hybridized carbons (Fsp3) is 0. The van der Waals surface area contributed by atoms with Gasteiger partial charge in [-0.3, -0.25) is 0 Å². The molecule has 0 aliphatic rings. The van der Waals surface area contributed by atoms with Crippen molar-refractivity contribution in [3.8, 4) is 0 Å². The highest BCUT2D eigenvalue weighted by Crippen LogP contribution is 2.08. The Morgan fingerprint density at radius 1 is 1.36 bits per heavy atom. The van der Waals surface area contributed by atoms with Crippen LogP contribution in [0.3, 0.4) is 0 Å². The molecule has 2 heteroatoms. The lowest BCUT2D eigenvalue weighted by atomic mass is 10.2. The molecule has 0 atom stereocenters. The molecule has 11 heavy (non-hydrogen) atoms. The number of fused-ring (bicyclic) bond motifs is 1.